The highest BCUT2D eigenvalue weighted by atomic mass is 79.9. The van der Waals surface area contributed by atoms with Gasteiger partial charge in [0.25, 0.3) is 5.91 Å². The first-order chi connectivity index (χ1) is 6.56. The number of alkyl halides is 1. The van der Waals surface area contributed by atoms with Gasteiger partial charge in [0.05, 0.1) is 0 Å². The second-order valence-electron chi connectivity index (χ2n) is 2.88. The van der Waals surface area contributed by atoms with E-state index in [1.165, 1.54) is 4.68 Å². The van der Waals surface area contributed by atoms with E-state index >= 15 is 0 Å². The Kier molecular flexibility index (Phi) is 3.88. The van der Waals surface area contributed by atoms with Crippen LogP contribution in [0.1, 0.15) is 17.4 Å². The van der Waals surface area contributed by atoms with Gasteiger partial charge in [-0.15, -0.1) is 16.7 Å². The topological polar surface area (TPSA) is 59.8 Å². The van der Waals surface area contributed by atoms with Gasteiger partial charge < -0.3 is 5.32 Å². The fraction of sp³-hybridized carbons (Fsp3) is 0.571. The van der Waals surface area contributed by atoms with Crippen molar-refractivity contribution in [2.24, 2.45) is 7.05 Å². The zero-order chi connectivity index (χ0) is 10.7. The standard InChI is InChI=1S/C7H10BrClN4O/c1-4(3-9)10-7(14)5-6(8)11-12-13(5)2/h4H,3H2,1-2H3,(H,10,14). The fourth-order valence-electron chi connectivity index (χ4n) is 0.903. The molecule has 5 nitrogen and oxygen atoms in total. The molecule has 0 aliphatic heterocycles. The summed E-state index contributed by atoms with van der Waals surface area (Å²) in [4.78, 5) is 11.6. The summed E-state index contributed by atoms with van der Waals surface area (Å²) < 4.78 is 1.83. The van der Waals surface area contributed by atoms with Gasteiger partial charge in [0.1, 0.15) is 0 Å². The van der Waals surface area contributed by atoms with Crippen molar-refractivity contribution in [3.8, 4) is 0 Å². The number of carbonyl (C=O) groups excluding carboxylic acids is 1. The summed E-state index contributed by atoms with van der Waals surface area (Å²) in [5, 5.41) is 10.1. The van der Waals surface area contributed by atoms with Gasteiger partial charge in [0, 0.05) is 19.0 Å². The summed E-state index contributed by atoms with van der Waals surface area (Å²) in [6.07, 6.45) is 0. The molecule has 1 atom stereocenters. The Hall–Kier alpha value is -0.620. The maximum atomic E-state index is 11.6. The van der Waals surface area contributed by atoms with Crippen molar-refractivity contribution in [1.29, 1.82) is 0 Å². The SMILES string of the molecule is CC(CCl)NC(=O)c1c(Br)nnn1C. The molecule has 14 heavy (non-hydrogen) atoms. The van der Waals surface area contributed by atoms with Crippen LogP contribution in [0.3, 0.4) is 0 Å². The molecule has 1 unspecified atom stereocenters. The van der Waals surface area contributed by atoms with Gasteiger partial charge in [-0.1, -0.05) is 5.21 Å². The molecule has 1 aromatic heterocycles. The molecular formula is C7H10BrClN4O. The van der Waals surface area contributed by atoms with E-state index in [1.54, 1.807) is 7.05 Å². The molecule has 0 aliphatic rings. The molecule has 0 aliphatic carbocycles. The average Bonchev–Trinajstić information content (AvgIpc) is 2.46. The quantitative estimate of drug-likeness (QED) is 0.839. The number of nitrogens with one attached hydrogen (secondary N) is 1. The summed E-state index contributed by atoms with van der Waals surface area (Å²) in [5.41, 5.74) is 0.391. The first-order valence-electron chi connectivity index (χ1n) is 3.98. The lowest BCUT2D eigenvalue weighted by Gasteiger charge is -2.09. The monoisotopic (exact) mass is 280 g/mol. The number of hydrogen-bond acceptors (Lipinski definition) is 3. The Bertz CT molecular complexity index is 321. The molecule has 1 heterocycles. The van der Waals surface area contributed by atoms with Gasteiger partial charge >= 0.3 is 0 Å². The summed E-state index contributed by atoms with van der Waals surface area (Å²) in [6.45, 7) is 1.82. The summed E-state index contributed by atoms with van der Waals surface area (Å²) in [7, 11) is 1.65. The van der Waals surface area contributed by atoms with E-state index in [0.717, 1.165) is 0 Å². The summed E-state index contributed by atoms with van der Waals surface area (Å²) in [5.74, 6) is 0.131. The van der Waals surface area contributed by atoms with E-state index in [2.05, 4.69) is 31.6 Å². The molecule has 1 rings (SSSR count). The van der Waals surface area contributed by atoms with Crippen LogP contribution in [0.15, 0.2) is 4.60 Å². The minimum atomic E-state index is -0.238. The van der Waals surface area contributed by atoms with Crippen LogP contribution < -0.4 is 5.32 Å². The molecule has 1 amide bonds. The molecular weight excluding hydrogens is 271 g/mol. The molecule has 0 fully saturated rings. The Morgan fingerprint density at radius 3 is 2.86 bits per heavy atom. The molecule has 0 saturated heterocycles. The smallest absolute Gasteiger partial charge is 0.272 e. The minimum Gasteiger partial charge on any atom is -0.347 e. The van der Waals surface area contributed by atoms with Crippen LogP contribution in [0.25, 0.3) is 0 Å². The number of halogens is 2. The number of rotatable bonds is 3. The lowest BCUT2D eigenvalue weighted by molar-refractivity contribution is 0.0933. The van der Waals surface area contributed by atoms with E-state index in [9.17, 15) is 4.79 Å². The second-order valence-corrected chi connectivity index (χ2v) is 3.94. The highest BCUT2D eigenvalue weighted by Gasteiger charge is 2.17. The molecule has 0 radical (unpaired) electrons. The van der Waals surface area contributed by atoms with Gasteiger partial charge in [-0.2, -0.15) is 0 Å². The number of carbonyl (C=O) groups is 1. The highest BCUT2D eigenvalue weighted by Crippen LogP contribution is 2.11. The molecule has 7 heteroatoms. The van der Waals surface area contributed by atoms with Crippen LogP contribution in [0, 0.1) is 0 Å². The van der Waals surface area contributed by atoms with Crippen LogP contribution >= 0.6 is 27.5 Å². The fourth-order valence-corrected chi connectivity index (χ4v) is 1.49. The first-order valence-corrected chi connectivity index (χ1v) is 5.31. The third-order valence-electron chi connectivity index (χ3n) is 1.61. The van der Waals surface area contributed by atoms with Crippen molar-refractivity contribution in [3.05, 3.63) is 10.3 Å². The van der Waals surface area contributed by atoms with Crippen LogP contribution in [-0.4, -0.2) is 32.8 Å². The third kappa shape index (κ3) is 2.45. The zero-order valence-corrected chi connectivity index (χ0v) is 10.1. The van der Waals surface area contributed by atoms with Gasteiger partial charge in [-0.3, -0.25) is 4.79 Å². The van der Waals surface area contributed by atoms with Gasteiger partial charge in [-0.25, -0.2) is 4.68 Å². The number of nitrogens with zero attached hydrogens (tertiary/aromatic N) is 3. The van der Waals surface area contributed by atoms with E-state index in [-0.39, 0.29) is 11.9 Å². The van der Waals surface area contributed by atoms with Crippen molar-refractivity contribution in [2.45, 2.75) is 13.0 Å². The second kappa shape index (κ2) is 4.75. The Balaban J connectivity index is 2.79. The molecule has 0 saturated carbocycles. The Morgan fingerprint density at radius 2 is 2.43 bits per heavy atom. The van der Waals surface area contributed by atoms with E-state index in [4.69, 9.17) is 11.6 Å². The zero-order valence-electron chi connectivity index (χ0n) is 7.79. The van der Waals surface area contributed by atoms with Crippen molar-refractivity contribution in [2.75, 3.05) is 5.88 Å². The normalized spacial score (nSPS) is 12.6. The molecule has 78 valence electrons. The Labute approximate surface area is 94.9 Å². The van der Waals surface area contributed by atoms with Crippen molar-refractivity contribution >= 4 is 33.4 Å². The van der Waals surface area contributed by atoms with Crippen LogP contribution in [0.5, 0.6) is 0 Å². The lowest BCUT2D eigenvalue weighted by atomic mass is 10.3. The molecule has 1 N–H and O–H groups in total. The highest BCUT2D eigenvalue weighted by molar-refractivity contribution is 9.10. The van der Waals surface area contributed by atoms with Crippen molar-refractivity contribution in [3.63, 3.8) is 0 Å². The van der Waals surface area contributed by atoms with Gasteiger partial charge in [-0.05, 0) is 22.9 Å². The number of hydrogen-bond donors (Lipinski definition) is 1. The average molecular weight is 282 g/mol. The molecule has 0 bridgehead atoms. The number of aromatic nitrogens is 3. The number of aryl methyl sites for hydroxylation is 1. The molecule has 0 aromatic carbocycles. The van der Waals surface area contributed by atoms with Crippen molar-refractivity contribution in [1.82, 2.24) is 20.3 Å². The summed E-state index contributed by atoms with van der Waals surface area (Å²) in [6, 6.07) is -0.0778. The maximum Gasteiger partial charge on any atom is 0.272 e. The predicted octanol–water partition coefficient (Wildman–Crippen LogP) is 0.935. The number of amides is 1. The van der Waals surface area contributed by atoms with Crippen LogP contribution in [-0.2, 0) is 7.05 Å². The molecule has 1 aromatic rings. The summed E-state index contributed by atoms with van der Waals surface area (Å²) >= 11 is 8.71. The van der Waals surface area contributed by atoms with Gasteiger partial charge in [0.15, 0.2) is 10.3 Å². The molecule has 0 spiro atoms. The van der Waals surface area contributed by atoms with Gasteiger partial charge in [0.2, 0.25) is 0 Å². The first kappa shape index (κ1) is 11.5. The van der Waals surface area contributed by atoms with Crippen molar-refractivity contribution < 1.29 is 4.79 Å². The third-order valence-corrected chi connectivity index (χ3v) is 2.61. The van der Waals surface area contributed by atoms with E-state index in [0.29, 0.717) is 16.2 Å². The largest absolute Gasteiger partial charge is 0.347 e. The van der Waals surface area contributed by atoms with E-state index < -0.39 is 0 Å². The lowest BCUT2D eigenvalue weighted by Crippen LogP contribution is -2.35. The van der Waals surface area contributed by atoms with E-state index in [1.807, 2.05) is 6.92 Å². The van der Waals surface area contributed by atoms with Crippen LogP contribution in [0.2, 0.25) is 0 Å². The predicted molar refractivity (Wildman–Crippen MR) is 56.4 cm³/mol. The Morgan fingerprint density at radius 1 is 1.79 bits per heavy atom. The van der Waals surface area contributed by atoms with Crippen LogP contribution in [0.4, 0.5) is 0 Å². The minimum absolute atomic E-state index is 0.0778. The maximum absolute atomic E-state index is 11.6.